The lowest BCUT2D eigenvalue weighted by Crippen LogP contribution is -2.35. The van der Waals surface area contributed by atoms with Crippen LogP contribution in [0.25, 0.3) is 16.7 Å². The molecule has 0 bridgehead atoms. The third-order valence-corrected chi connectivity index (χ3v) is 7.62. The first kappa shape index (κ1) is 25.7. The van der Waals surface area contributed by atoms with Gasteiger partial charge in [0.1, 0.15) is 10.4 Å². The number of anilines is 1. The minimum Gasteiger partial charge on any atom is -0.359 e. The van der Waals surface area contributed by atoms with Gasteiger partial charge in [0.15, 0.2) is 5.65 Å². The number of carbonyl (C=O) groups is 1. The predicted octanol–water partition coefficient (Wildman–Crippen LogP) is 3.14. The van der Waals surface area contributed by atoms with Crippen molar-refractivity contribution in [2.24, 2.45) is 5.41 Å². The minimum atomic E-state index is -3.54. The fourth-order valence-corrected chi connectivity index (χ4v) is 5.35. The third-order valence-electron chi connectivity index (χ3n) is 6.09. The molecule has 1 fully saturated rings. The lowest BCUT2D eigenvalue weighted by Gasteiger charge is -2.22. The second kappa shape index (κ2) is 9.60. The van der Waals surface area contributed by atoms with Crippen LogP contribution in [0.1, 0.15) is 31.7 Å². The molecule has 0 unspecified atom stereocenters. The van der Waals surface area contributed by atoms with Gasteiger partial charge in [0, 0.05) is 36.8 Å². The Balaban J connectivity index is 1.67. The molecule has 0 saturated heterocycles. The van der Waals surface area contributed by atoms with Gasteiger partial charge < -0.3 is 10.6 Å². The summed E-state index contributed by atoms with van der Waals surface area (Å²) in [6, 6.07) is 2.86. The first-order valence-electron chi connectivity index (χ1n) is 10.7. The second-order valence-electron chi connectivity index (χ2n) is 8.85. The van der Waals surface area contributed by atoms with Gasteiger partial charge in [-0.05, 0) is 47.3 Å². The van der Waals surface area contributed by atoms with Crippen molar-refractivity contribution in [1.82, 2.24) is 29.8 Å². The van der Waals surface area contributed by atoms with Gasteiger partial charge >= 0.3 is 0 Å². The van der Waals surface area contributed by atoms with Gasteiger partial charge in [-0.2, -0.15) is 10.1 Å². The Bertz CT molecular complexity index is 1420. The van der Waals surface area contributed by atoms with Crippen LogP contribution < -0.4 is 15.4 Å². The number of hydrogen-bond donors (Lipinski definition) is 3. The summed E-state index contributed by atoms with van der Waals surface area (Å²) in [4.78, 5) is 21.2. The Morgan fingerprint density at radius 2 is 2.14 bits per heavy atom. The van der Waals surface area contributed by atoms with Crippen LogP contribution in [0.3, 0.4) is 0 Å². The van der Waals surface area contributed by atoms with Gasteiger partial charge in [-0.1, -0.05) is 18.5 Å². The number of nitrogens with one attached hydrogen (secondary N) is 3. The van der Waals surface area contributed by atoms with E-state index in [0.29, 0.717) is 33.7 Å². The van der Waals surface area contributed by atoms with Crippen LogP contribution in [0.15, 0.2) is 22.9 Å². The molecule has 188 valence electrons. The van der Waals surface area contributed by atoms with Crippen molar-refractivity contribution in [3.05, 3.63) is 39.3 Å². The Kier molecular flexibility index (Phi) is 7.06. The van der Waals surface area contributed by atoms with Crippen molar-refractivity contribution < 1.29 is 17.6 Å². The Morgan fingerprint density at radius 1 is 1.40 bits per heavy atom. The quantitative estimate of drug-likeness (QED) is 0.387. The molecule has 1 amide bonds. The van der Waals surface area contributed by atoms with E-state index >= 15 is 0 Å². The van der Waals surface area contributed by atoms with E-state index in [0.717, 1.165) is 19.1 Å². The molecule has 3 N–H and O–H groups in total. The molecular formula is C21H24BrClFN7O3S. The molecule has 1 aliphatic carbocycles. The number of fused-ring (bicyclic) bond motifs is 1. The highest BCUT2D eigenvalue weighted by Crippen LogP contribution is 2.39. The van der Waals surface area contributed by atoms with Crippen molar-refractivity contribution in [1.29, 1.82) is 0 Å². The molecule has 0 radical (unpaired) electrons. The van der Waals surface area contributed by atoms with Crippen LogP contribution in [0.5, 0.6) is 0 Å². The van der Waals surface area contributed by atoms with Crippen LogP contribution in [-0.2, 0) is 21.4 Å². The van der Waals surface area contributed by atoms with Gasteiger partial charge in [-0.3, -0.25) is 4.79 Å². The zero-order chi connectivity index (χ0) is 25.5. The fourth-order valence-electron chi connectivity index (χ4n) is 4.26. The second-order valence-corrected chi connectivity index (χ2v) is 11.8. The van der Waals surface area contributed by atoms with Gasteiger partial charge in [-0.15, -0.1) is 0 Å². The number of halogens is 3. The van der Waals surface area contributed by atoms with Gasteiger partial charge in [-0.25, -0.2) is 27.2 Å². The number of nitrogens with zero attached hydrogens (tertiary/aromatic N) is 4. The van der Waals surface area contributed by atoms with E-state index in [1.54, 1.807) is 13.2 Å². The van der Waals surface area contributed by atoms with E-state index in [1.165, 1.54) is 16.8 Å². The highest BCUT2D eigenvalue weighted by atomic mass is 79.9. The topological polar surface area (TPSA) is 131 Å². The lowest BCUT2D eigenvalue weighted by molar-refractivity contribution is -0.129. The molecule has 2 heterocycles. The Hall–Kier alpha value is -2.35. The average Bonchev–Trinajstić information content (AvgIpc) is 3.33. The molecule has 0 aliphatic heterocycles. The number of sulfonamides is 1. The average molecular weight is 589 g/mol. The molecule has 0 spiro atoms. The van der Waals surface area contributed by atoms with Crippen LogP contribution in [-0.4, -0.2) is 53.4 Å². The number of amides is 1. The summed E-state index contributed by atoms with van der Waals surface area (Å²) in [6.07, 6.45) is 4.78. The summed E-state index contributed by atoms with van der Waals surface area (Å²) in [7, 11) is -1.90. The van der Waals surface area contributed by atoms with Crippen LogP contribution >= 0.6 is 27.5 Å². The number of carbonyl (C=O) groups excluding carboxylic acids is 1. The van der Waals surface area contributed by atoms with E-state index < -0.39 is 21.3 Å². The van der Waals surface area contributed by atoms with Crippen molar-refractivity contribution in [3.8, 4) is 5.69 Å². The monoisotopic (exact) mass is 587 g/mol. The molecule has 4 rings (SSSR count). The van der Waals surface area contributed by atoms with Gasteiger partial charge in [0.05, 0.1) is 22.4 Å². The van der Waals surface area contributed by atoms with Gasteiger partial charge in [0.25, 0.3) is 0 Å². The van der Waals surface area contributed by atoms with Crippen molar-refractivity contribution in [2.75, 3.05) is 18.6 Å². The SMILES string of the molecule is CNC(=O)[C@]1(C)CC[C@@H](Nc2ncc3c(Br)nn(-c4cc(Cl)c(F)c(CNS(C)(=O)=O)c4)c3n2)C1. The smallest absolute Gasteiger partial charge is 0.225 e. The maximum Gasteiger partial charge on any atom is 0.225 e. The summed E-state index contributed by atoms with van der Waals surface area (Å²) in [6.45, 7) is 1.67. The molecule has 2 aromatic heterocycles. The van der Waals surface area contributed by atoms with Crippen LogP contribution in [0.2, 0.25) is 5.02 Å². The number of benzene rings is 1. The van der Waals surface area contributed by atoms with Crippen molar-refractivity contribution in [2.45, 2.75) is 38.8 Å². The third kappa shape index (κ3) is 5.42. The molecule has 35 heavy (non-hydrogen) atoms. The van der Waals surface area contributed by atoms with Crippen LogP contribution in [0, 0.1) is 11.2 Å². The molecule has 1 saturated carbocycles. The molecule has 2 atom stereocenters. The highest BCUT2D eigenvalue weighted by molar-refractivity contribution is 9.10. The summed E-state index contributed by atoms with van der Waals surface area (Å²) in [5.41, 5.74) is 0.438. The maximum absolute atomic E-state index is 14.6. The summed E-state index contributed by atoms with van der Waals surface area (Å²) in [5, 5.41) is 10.9. The number of rotatable bonds is 7. The number of aromatic nitrogens is 4. The minimum absolute atomic E-state index is 0.00883. The van der Waals surface area contributed by atoms with Gasteiger partial charge in [0.2, 0.25) is 21.9 Å². The molecule has 3 aromatic rings. The molecule has 1 aromatic carbocycles. The Morgan fingerprint density at radius 3 is 2.83 bits per heavy atom. The Labute approximate surface area is 215 Å². The normalized spacial score (nSPS) is 20.3. The molecule has 14 heteroatoms. The zero-order valence-electron chi connectivity index (χ0n) is 19.2. The summed E-state index contributed by atoms with van der Waals surface area (Å²) in [5.74, 6) is -0.349. The zero-order valence-corrected chi connectivity index (χ0v) is 22.4. The van der Waals surface area contributed by atoms with Crippen molar-refractivity contribution in [3.63, 3.8) is 0 Å². The summed E-state index contributed by atoms with van der Waals surface area (Å²) < 4.78 is 41.7. The standard InChI is InChI=1S/C21H24BrClFN7O3S/c1-21(19(32)25-2)5-4-12(8-21)28-20-26-10-14-17(22)30-31(18(14)29-20)13-6-11(9-27-35(3,33)34)16(24)15(23)7-13/h6-7,10,12,27H,4-5,8-9H2,1-3H3,(H,25,32)(H,26,28,29)/t12-,21-/m1/s1. The van der Waals surface area contributed by atoms with E-state index in [-0.39, 0.29) is 29.1 Å². The molecule has 10 nitrogen and oxygen atoms in total. The molecule has 1 aliphatic rings. The number of hydrogen-bond acceptors (Lipinski definition) is 7. The maximum atomic E-state index is 14.6. The fraction of sp³-hybridized carbons (Fsp3) is 0.429. The van der Waals surface area contributed by atoms with E-state index in [2.05, 4.69) is 46.4 Å². The summed E-state index contributed by atoms with van der Waals surface area (Å²) >= 11 is 9.50. The largest absolute Gasteiger partial charge is 0.359 e. The predicted molar refractivity (Wildman–Crippen MR) is 134 cm³/mol. The first-order chi connectivity index (χ1) is 16.4. The van der Waals surface area contributed by atoms with E-state index in [4.69, 9.17) is 11.6 Å². The molecular weight excluding hydrogens is 565 g/mol. The van der Waals surface area contributed by atoms with E-state index in [1.807, 2.05) is 6.92 Å². The first-order valence-corrected chi connectivity index (χ1v) is 13.8. The van der Waals surface area contributed by atoms with E-state index in [9.17, 15) is 17.6 Å². The van der Waals surface area contributed by atoms with Crippen LogP contribution in [0.4, 0.5) is 10.3 Å². The van der Waals surface area contributed by atoms with Crippen molar-refractivity contribution >= 4 is 60.4 Å². The highest BCUT2D eigenvalue weighted by Gasteiger charge is 2.41. The lowest BCUT2D eigenvalue weighted by atomic mass is 9.87.